The van der Waals surface area contributed by atoms with Crippen molar-refractivity contribution in [3.8, 4) is 11.8 Å². The van der Waals surface area contributed by atoms with Crippen molar-refractivity contribution in [1.29, 1.82) is 0 Å². The molecule has 1 aromatic carbocycles. The van der Waals surface area contributed by atoms with Crippen molar-refractivity contribution >= 4 is 11.6 Å². The van der Waals surface area contributed by atoms with Gasteiger partial charge in [0.2, 0.25) is 0 Å². The molecule has 2 heteroatoms. The molecular formula is C10H9ClO. The number of rotatable bonds is 1. The number of benzene rings is 1. The maximum atomic E-state index is 9.42. The highest BCUT2D eigenvalue weighted by molar-refractivity contribution is 6.19. The SMILES string of the molecule is O[C@@H](C#CCCl)c1ccccc1. The first-order chi connectivity index (χ1) is 5.84. The summed E-state index contributed by atoms with van der Waals surface area (Å²) in [4.78, 5) is 0. The smallest absolute Gasteiger partial charge is 0.140 e. The van der Waals surface area contributed by atoms with E-state index in [2.05, 4.69) is 11.8 Å². The summed E-state index contributed by atoms with van der Waals surface area (Å²) >= 11 is 5.35. The summed E-state index contributed by atoms with van der Waals surface area (Å²) in [7, 11) is 0. The third-order valence-electron chi connectivity index (χ3n) is 1.42. The molecule has 0 aliphatic rings. The van der Waals surface area contributed by atoms with Crippen LogP contribution in [0.25, 0.3) is 0 Å². The minimum atomic E-state index is -0.718. The minimum absolute atomic E-state index is 0.254. The Hall–Kier alpha value is -0.970. The average molecular weight is 181 g/mol. The van der Waals surface area contributed by atoms with E-state index in [0.717, 1.165) is 5.56 Å². The maximum absolute atomic E-state index is 9.42. The lowest BCUT2D eigenvalue weighted by Crippen LogP contribution is -1.92. The molecule has 1 N–H and O–H groups in total. The topological polar surface area (TPSA) is 20.2 Å². The summed E-state index contributed by atoms with van der Waals surface area (Å²) in [6.45, 7) is 0. The first kappa shape index (κ1) is 9.12. The molecule has 0 fully saturated rings. The molecule has 0 aromatic heterocycles. The zero-order chi connectivity index (χ0) is 8.81. The zero-order valence-corrected chi connectivity index (χ0v) is 7.25. The Kier molecular flexibility index (Phi) is 3.66. The van der Waals surface area contributed by atoms with Crippen LogP contribution in [0.3, 0.4) is 0 Å². The van der Waals surface area contributed by atoms with E-state index >= 15 is 0 Å². The monoisotopic (exact) mass is 180 g/mol. The van der Waals surface area contributed by atoms with Crippen molar-refractivity contribution in [3.05, 3.63) is 35.9 Å². The Morgan fingerprint density at radius 3 is 2.58 bits per heavy atom. The van der Waals surface area contributed by atoms with Gasteiger partial charge < -0.3 is 5.11 Å². The van der Waals surface area contributed by atoms with Gasteiger partial charge in [-0.2, -0.15) is 0 Å². The lowest BCUT2D eigenvalue weighted by Gasteiger charge is -2.01. The molecular weight excluding hydrogens is 172 g/mol. The van der Waals surface area contributed by atoms with E-state index in [1.807, 2.05) is 30.3 Å². The van der Waals surface area contributed by atoms with Crippen LogP contribution in [0.1, 0.15) is 11.7 Å². The lowest BCUT2D eigenvalue weighted by atomic mass is 10.1. The third-order valence-corrected chi connectivity index (χ3v) is 1.55. The summed E-state index contributed by atoms with van der Waals surface area (Å²) in [5, 5.41) is 9.42. The quantitative estimate of drug-likeness (QED) is 0.518. The molecule has 0 saturated heterocycles. The Morgan fingerprint density at radius 1 is 1.33 bits per heavy atom. The second-order valence-corrected chi connectivity index (χ2v) is 2.54. The number of halogens is 1. The molecule has 0 saturated carbocycles. The van der Waals surface area contributed by atoms with Crippen molar-refractivity contribution in [3.63, 3.8) is 0 Å². The van der Waals surface area contributed by atoms with Gasteiger partial charge in [-0.05, 0) is 5.56 Å². The van der Waals surface area contributed by atoms with Crippen LogP contribution in [0.4, 0.5) is 0 Å². The molecule has 0 radical (unpaired) electrons. The molecule has 0 aliphatic heterocycles. The van der Waals surface area contributed by atoms with Crippen molar-refractivity contribution in [2.45, 2.75) is 6.10 Å². The zero-order valence-electron chi connectivity index (χ0n) is 6.50. The largest absolute Gasteiger partial charge is 0.376 e. The van der Waals surface area contributed by atoms with Gasteiger partial charge in [-0.3, -0.25) is 0 Å². The van der Waals surface area contributed by atoms with Crippen molar-refractivity contribution < 1.29 is 5.11 Å². The molecule has 1 atom stereocenters. The summed E-state index contributed by atoms with van der Waals surface area (Å²) in [5.41, 5.74) is 0.801. The van der Waals surface area contributed by atoms with Crippen LogP contribution in [0.2, 0.25) is 0 Å². The fourth-order valence-corrected chi connectivity index (χ4v) is 0.931. The van der Waals surface area contributed by atoms with E-state index in [1.165, 1.54) is 0 Å². The maximum Gasteiger partial charge on any atom is 0.140 e. The fraction of sp³-hybridized carbons (Fsp3) is 0.200. The van der Waals surface area contributed by atoms with E-state index in [0.29, 0.717) is 0 Å². The minimum Gasteiger partial charge on any atom is -0.376 e. The van der Waals surface area contributed by atoms with Crippen LogP contribution in [-0.4, -0.2) is 11.0 Å². The summed E-state index contributed by atoms with van der Waals surface area (Å²) in [6.07, 6.45) is -0.718. The predicted molar refractivity (Wildman–Crippen MR) is 49.9 cm³/mol. The second-order valence-electron chi connectivity index (χ2n) is 2.27. The molecule has 0 aliphatic carbocycles. The molecule has 1 rings (SSSR count). The summed E-state index contributed by atoms with van der Waals surface area (Å²) in [6, 6.07) is 9.27. The van der Waals surface area contributed by atoms with Crippen LogP contribution >= 0.6 is 11.6 Å². The van der Waals surface area contributed by atoms with Gasteiger partial charge in [0.1, 0.15) is 6.10 Å². The molecule has 0 heterocycles. The van der Waals surface area contributed by atoms with Crippen molar-refractivity contribution in [1.82, 2.24) is 0 Å². The number of hydrogen-bond donors (Lipinski definition) is 1. The van der Waals surface area contributed by atoms with Gasteiger partial charge in [-0.1, -0.05) is 42.2 Å². The van der Waals surface area contributed by atoms with Gasteiger partial charge in [0.05, 0.1) is 5.88 Å². The van der Waals surface area contributed by atoms with Gasteiger partial charge in [-0.15, -0.1) is 11.6 Å². The molecule has 1 nitrogen and oxygen atoms in total. The van der Waals surface area contributed by atoms with E-state index < -0.39 is 6.10 Å². The first-order valence-corrected chi connectivity index (χ1v) is 4.15. The summed E-state index contributed by atoms with van der Waals surface area (Å²) < 4.78 is 0. The van der Waals surface area contributed by atoms with Crippen LogP contribution in [0, 0.1) is 11.8 Å². The summed E-state index contributed by atoms with van der Waals surface area (Å²) in [5.74, 6) is 5.49. The predicted octanol–water partition coefficient (Wildman–Crippen LogP) is 1.96. The first-order valence-electron chi connectivity index (χ1n) is 3.62. The molecule has 0 bridgehead atoms. The molecule has 1 aromatic rings. The van der Waals surface area contributed by atoms with Gasteiger partial charge in [0.15, 0.2) is 0 Å². The number of aliphatic hydroxyl groups excluding tert-OH is 1. The Labute approximate surface area is 77.0 Å². The Morgan fingerprint density at radius 2 is 2.00 bits per heavy atom. The van der Waals surface area contributed by atoms with E-state index in [9.17, 15) is 5.11 Å². The lowest BCUT2D eigenvalue weighted by molar-refractivity contribution is 0.238. The number of aliphatic hydroxyl groups is 1. The van der Waals surface area contributed by atoms with Crippen LogP contribution in [0.15, 0.2) is 30.3 Å². The molecule has 0 spiro atoms. The third kappa shape index (κ3) is 2.58. The van der Waals surface area contributed by atoms with E-state index in [1.54, 1.807) is 0 Å². The number of hydrogen-bond acceptors (Lipinski definition) is 1. The van der Waals surface area contributed by atoms with Crippen molar-refractivity contribution in [2.24, 2.45) is 0 Å². The van der Waals surface area contributed by atoms with Gasteiger partial charge >= 0.3 is 0 Å². The highest BCUT2D eigenvalue weighted by Crippen LogP contribution is 2.09. The molecule has 0 unspecified atom stereocenters. The molecule has 12 heavy (non-hydrogen) atoms. The normalized spacial score (nSPS) is 11.5. The van der Waals surface area contributed by atoms with E-state index in [-0.39, 0.29) is 5.88 Å². The van der Waals surface area contributed by atoms with Crippen LogP contribution in [-0.2, 0) is 0 Å². The van der Waals surface area contributed by atoms with Gasteiger partial charge in [0, 0.05) is 0 Å². The highest BCUT2D eigenvalue weighted by Gasteiger charge is 1.99. The Balaban J connectivity index is 2.72. The fourth-order valence-electron chi connectivity index (χ4n) is 0.854. The second kappa shape index (κ2) is 4.82. The van der Waals surface area contributed by atoms with Gasteiger partial charge in [-0.25, -0.2) is 0 Å². The Bertz CT molecular complexity index is 284. The standard InChI is InChI=1S/C10H9ClO/c11-8-4-7-10(12)9-5-2-1-3-6-9/h1-3,5-6,10,12H,8H2/t10-/m0/s1. The molecule has 62 valence electrons. The van der Waals surface area contributed by atoms with Crippen molar-refractivity contribution in [2.75, 3.05) is 5.88 Å². The van der Waals surface area contributed by atoms with Crippen LogP contribution in [0.5, 0.6) is 0 Å². The van der Waals surface area contributed by atoms with Gasteiger partial charge in [0.25, 0.3) is 0 Å². The average Bonchev–Trinajstić information content (AvgIpc) is 2.15. The van der Waals surface area contributed by atoms with Crippen LogP contribution < -0.4 is 0 Å². The van der Waals surface area contributed by atoms with E-state index in [4.69, 9.17) is 11.6 Å². The highest BCUT2D eigenvalue weighted by atomic mass is 35.5. The number of alkyl halides is 1. The molecule has 0 amide bonds.